The molecule has 3 rings (SSSR count). The van der Waals surface area contributed by atoms with Crippen LogP contribution < -0.4 is 10.6 Å². The van der Waals surface area contributed by atoms with E-state index in [1.165, 1.54) is 11.3 Å². The van der Waals surface area contributed by atoms with Crippen LogP contribution >= 0.6 is 11.3 Å². The van der Waals surface area contributed by atoms with Crippen molar-refractivity contribution < 1.29 is 9.21 Å². The molecule has 0 radical (unpaired) electrons. The van der Waals surface area contributed by atoms with Crippen LogP contribution in [-0.4, -0.2) is 17.4 Å². The molecule has 0 fully saturated rings. The summed E-state index contributed by atoms with van der Waals surface area (Å²) >= 11 is 1.46. The van der Waals surface area contributed by atoms with E-state index < -0.39 is 0 Å². The Hall–Kier alpha value is -3.11. The highest BCUT2D eigenvalue weighted by Crippen LogP contribution is 2.28. The number of amides is 1. The normalized spacial score (nSPS) is 10.3. The fraction of sp³-hybridized carbons (Fsp3) is 0.167. The van der Waals surface area contributed by atoms with Crippen LogP contribution in [0.4, 0.5) is 11.6 Å². The smallest absolute Gasteiger partial charge is 0.243 e. The Morgan fingerprint density at radius 1 is 1.32 bits per heavy atom. The molecule has 0 saturated carbocycles. The molecule has 0 saturated heterocycles. The molecule has 3 aromatic rings. The third-order valence-corrected chi connectivity index (χ3v) is 4.52. The van der Waals surface area contributed by atoms with Gasteiger partial charge in [-0.05, 0) is 48.6 Å². The molecule has 0 bridgehead atoms. The first-order valence-corrected chi connectivity index (χ1v) is 8.50. The number of oxazole rings is 1. The zero-order valence-electron chi connectivity index (χ0n) is 13.8. The lowest BCUT2D eigenvalue weighted by molar-refractivity contribution is -0.114. The van der Waals surface area contributed by atoms with Crippen LogP contribution in [0.2, 0.25) is 0 Å². The van der Waals surface area contributed by atoms with Gasteiger partial charge in [0.15, 0.2) is 0 Å². The molecule has 1 aromatic carbocycles. The zero-order chi connectivity index (χ0) is 17.8. The number of anilines is 2. The first-order chi connectivity index (χ1) is 12.1. The van der Waals surface area contributed by atoms with E-state index in [0.29, 0.717) is 5.89 Å². The maximum absolute atomic E-state index is 12.1. The lowest BCUT2D eigenvalue weighted by atomic mass is 10.1. The van der Waals surface area contributed by atoms with Crippen LogP contribution in [0.5, 0.6) is 0 Å². The maximum atomic E-state index is 12.1. The van der Waals surface area contributed by atoms with Crippen molar-refractivity contribution in [3.05, 3.63) is 52.5 Å². The van der Waals surface area contributed by atoms with E-state index in [-0.39, 0.29) is 24.0 Å². The van der Waals surface area contributed by atoms with E-state index in [1.54, 1.807) is 0 Å². The summed E-state index contributed by atoms with van der Waals surface area (Å²) in [6.07, 6.45) is 0. The Bertz CT molecular complexity index is 939. The van der Waals surface area contributed by atoms with E-state index in [4.69, 9.17) is 4.42 Å². The van der Waals surface area contributed by atoms with Gasteiger partial charge in [-0.3, -0.25) is 4.79 Å². The van der Waals surface area contributed by atoms with Crippen LogP contribution in [0.3, 0.4) is 0 Å². The molecular formula is C18H16N4O2S. The highest BCUT2D eigenvalue weighted by atomic mass is 32.1. The fourth-order valence-corrected chi connectivity index (χ4v) is 2.86. The van der Waals surface area contributed by atoms with Crippen molar-refractivity contribution in [1.82, 2.24) is 4.98 Å². The first kappa shape index (κ1) is 16.7. The van der Waals surface area contributed by atoms with Gasteiger partial charge in [0.05, 0.1) is 11.4 Å². The number of carbonyl (C=O) groups excluding carboxylic acids is 1. The number of aryl methyl sites for hydroxylation is 2. The third kappa shape index (κ3) is 3.87. The molecule has 2 heterocycles. The number of benzene rings is 1. The van der Waals surface area contributed by atoms with Crippen LogP contribution in [0, 0.1) is 25.2 Å². The summed E-state index contributed by atoms with van der Waals surface area (Å²) in [5.74, 6) is 0.325. The largest absolute Gasteiger partial charge is 0.418 e. The summed E-state index contributed by atoms with van der Waals surface area (Å²) in [6.45, 7) is 3.98. The number of thiophene rings is 1. The highest BCUT2D eigenvalue weighted by Gasteiger charge is 2.16. The lowest BCUT2D eigenvalue weighted by Crippen LogP contribution is -2.21. The number of hydrogen-bond donors (Lipinski definition) is 2. The van der Waals surface area contributed by atoms with Crippen LogP contribution in [0.15, 0.2) is 40.1 Å². The minimum absolute atomic E-state index is 0.0271. The third-order valence-electron chi connectivity index (χ3n) is 3.67. The molecule has 6 nitrogen and oxygen atoms in total. The van der Waals surface area contributed by atoms with Crippen molar-refractivity contribution in [3.8, 4) is 16.8 Å². The van der Waals surface area contributed by atoms with E-state index in [1.807, 2.05) is 55.6 Å². The summed E-state index contributed by atoms with van der Waals surface area (Å²) < 4.78 is 5.57. The first-order valence-electron chi connectivity index (χ1n) is 7.62. The van der Waals surface area contributed by atoms with E-state index in [9.17, 15) is 10.1 Å². The number of nitrogens with one attached hydrogen (secondary N) is 2. The summed E-state index contributed by atoms with van der Waals surface area (Å²) in [7, 11) is 0. The maximum Gasteiger partial charge on any atom is 0.243 e. The lowest BCUT2D eigenvalue weighted by Gasteiger charge is -2.08. The summed E-state index contributed by atoms with van der Waals surface area (Å²) in [5, 5.41) is 16.7. The van der Waals surface area contributed by atoms with Gasteiger partial charge in [-0.2, -0.15) is 10.2 Å². The molecule has 0 atom stereocenters. The molecule has 2 aromatic heterocycles. The Labute approximate surface area is 149 Å². The second kappa shape index (κ2) is 7.20. The van der Waals surface area contributed by atoms with E-state index >= 15 is 0 Å². The Balaban J connectivity index is 1.66. The predicted molar refractivity (Wildman–Crippen MR) is 97.6 cm³/mol. The number of nitriles is 1. The van der Waals surface area contributed by atoms with Crippen molar-refractivity contribution in [3.63, 3.8) is 0 Å². The second-order valence-electron chi connectivity index (χ2n) is 5.49. The molecule has 0 aliphatic carbocycles. The van der Waals surface area contributed by atoms with Gasteiger partial charge in [0.2, 0.25) is 23.4 Å². The van der Waals surface area contributed by atoms with Gasteiger partial charge in [-0.1, -0.05) is 12.1 Å². The predicted octanol–water partition coefficient (Wildman–Crippen LogP) is 3.94. The SMILES string of the molecule is Cc1ccc(NC(=O)CNc2oc(-c3cccs3)nc2C#N)cc1C. The van der Waals surface area contributed by atoms with Crippen molar-refractivity contribution in [2.45, 2.75) is 13.8 Å². The van der Waals surface area contributed by atoms with Crippen molar-refractivity contribution in [2.24, 2.45) is 0 Å². The Kier molecular flexibility index (Phi) is 4.82. The molecule has 126 valence electrons. The number of hydrogen-bond acceptors (Lipinski definition) is 6. The standard InChI is InChI=1S/C18H16N4O2S/c1-11-5-6-13(8-12(11)2)21-16(23)10-20-17-14(9-19)22-18(24-17)15-4-3-7-25-15/h3-8,20H,10H2,1-2H3,(H,21,23). The second-order valence-corrected chi connectivity index (χ2v) is 6.43. The van der Waals surface area contributed by atoms with Gasteiger partial charge in [0.25, 0.3) is 0 Å². The van der Waals surface area contributed by atoms with Gasteiger partial charge in [0.1, 0.15) is 6.07 Å². The Morgan fingerprint density at radius 3 is 2.84 bits per heavy atom. The number of rotatable bonds is 5. The summed E-state index contributed by atoms with van der Waals surface area (Å²) in [4.78, 5) is 17.1. The molecule has 0 aliphatic rings. The summed E-state index contributed by atoms with van der Waals surface area (Å²) in [5.41, 5.74) is 3.13. The molecular weight excluding hydrogens is 336 g/mol. The molecule has 0 spiro atoms. The molecule has 25 heavy (non-hydrogen) atoms. The summed E-state index contributed by atoms with van der Waals surface area (Å²) in [6, 6.07) is 11.4. The molecule has 0 aliphatic heterocycles. The van der Waals surface area contributed by atoms with Crippen molar-refractivity contribution in [2.75, 3.05) is 17.2 Å². The van der Waals surface area contributed by atoms with Gasteiger partial charge < -0.3 is 15.1 Å². The highest BCUT2D eigenvalue weighted by molar-refractivity contribution is 7.13. The van der Waals surface area contributed by atoms with Gasteiger partial charge in [0, 0.05) is 5.69 Å². The number of nitrogens with zero attached hydrogens (tertiary/aromatic N) is 2. The zero-order valence-corrected chi connectivity index (χ0v) is 14.6. The molecule has 0 unspecified atom stereocenters. The van der Waals surface area contributed by atoms with Crippen LogP contribution in [0.1, 0.15) is 16.8 Å². The topological polar surface area (TPSA) is 90.9 Å². The molecule has 2 N–H and O–H groups in total. The Morgan fingerprint density at radius 2 is 2.16 bits per heavy atom. The fourth-order valence-electron chi connectivity index (χ4n) is 2.21. The van der Waals surface area contributed by atoms with E-state index in [0.717, 1.165) is 21.7 Å². The van der Waals surface area contributed by atoms with Gasteiger partial charge in [-0.25, -0.2) is 0 Å². The van der Waals surface area contributed by atoms with Gasteiger partial charge >= 0.3 is 0 Å². The van der Waals surface area contributed by atoms with Crippen LogP contribution in [-0.2, 0) is 4.79 Å². The quantitative estimate of drug-likeness (QED) is 0.726. The average molecular weight is 352 g/mol. The van der Waals surface area contributed by atoms with Crippen LogP contribution in [0.25, 0.3) is 10.8 Å². The molecule has 7 heteroatoms. The minimum atomic E-state index is -0.235. The minimum Gasteiger partial charge on any atom is -0.418 e. The average Bonchev–Trinajstić information content (AvgIpc) is 3.25. The molecule has 1 amide bonds. The number of carbonyl (C=O) groups is 1. The number of aromatic nitrogens is 1. The van der Waals surface area contributed by atoms with Gasteiger partial charge in [-0.15, -0.1) is 11.3 Å². The van der Waals surface area contributed by atoms with Crippen molar-refractivity contribution >= 4 is 28.8 Å². The van der Waals surface area contributed by atoms with E-state index in [2.05, 4.69) is 15.6 Å². The monoisotopic (exact) mass is 352 g/mol. The van der Waals surface area contributed by atoms with Crippen molar-refractivity contribution in [1.29, 1.82) is 5.26 Å².